The van der Waals surface area contributed by atoms with Crippen molar-refractivity contribution in [3.63, 3.8) is 0 Å². The van der Waals surface area contributed by atoms with Gasteiger partial charge in [0, 0.05) is 18.2 Å². The molecule has 1 heterocycles. The average molecular weight is 324 g/mol. The third-order valence-electron chi connectivity index (χ3n) is 4.80. The molecule has 1 spiro atoms. The number of carbonyl (C=O) groups is 1. The van der Waals surface area contributed by atoms with Gasteiger partial charge in [0.1, 0.15) is 5.75 Å². The van der Waals surface area contributed by atoms with E-state index in [1.807, 2.05) is 0 Å². The number of rotatable bonds is 2. The Balaban J connectivity index is 1.64. The number of nitrogens with one attached hydrogen (secondary N) is 1. The minimum absolute atomic E-state index is 0.0312. The van der Waals surface area contributed by atoms with Gasteiger partial charge in [-0.2, -0.15) is 0 Å². The maximum absolute atomic E-state index is 12.3. The van der Waals surface area contributed by atoms with Gasteiger partial charge in [0.2, 0.25) is 0 Å². The summed E-state index contributed by atoms with van der Waals surface area (Å²) in [5, 5.41) is 13.0. The highest BCUT2D eigenvalue weighted by molar-refractivity contribution is 6.32. The Kier molecular flexibility index (Phi) is 4.59. The fraction of sp³-hybridized carbons (Fsp3) is 0.588. The number of benzene rings is 1. The first-order chi connectivity index (χ1) is 10.6. The second-order valence-corrected chi connectivity index (χ2v) is 6.83. The number of hydrogen-bond acceptors (Lipinski definition) is 3. The molecule has 4 nitrogen and oxygen atoms in total. The molecule has 1 aromatic carbocycles. The first kappa shape index (κ1) is 15.6. The summed E-state index contributed by atoms with van der Waals surface area (Å²) in [4.78, 5) is 12.3. The molecule has 1 amide bonds. The zero-order valence-corrected chi connectivity index (χ0v) is 13.4. The van der Waals surface area contributed by atoms with Gasteiger partial charge in [0.25, 0.3) is 5.91 Å². The molecule has 1 unspecified atom stereocenters. The lowest BCUT2D eigenvalue weighted by atomic mass is 9.78. The van der Waals surface area contributed by atoms with Crippen LogP contribution in [0.2, 0.25) is 5.02 Å². The number of ether oxygens (including phenoxy) is 1. The van der Waals surface area contributed by atoms with E-state index in [1.54, 1.807) is 12.1 Å². The summed E-state index contributed by atoms with van der Waals surface area (Å²) in [7, 11) is 0. The van der Waals surface area contributed by atoms with E-state index >= 15 is 0 Å². The van der Waals surface area contributed by atoms with Crippen LogP contribution >= 0.6 is 11.6 Å². The van der Waals surface area contributed by atoms with E-state index in [0.717, 1.165) is 25.7 Å². The predicted molar refractivity (Wildman–Crippen MR) is 85.4 cm³/mol. The van der Waals surface area contributed by atoms with Gasteiger partial charge in [-0.1, -0.05) is 30.9 Å². The van der Waals surface area contributed by atoms with Crippen LogP contribution in [0.5, 0.6) is 5.75 Å². The molecule has 2 aliphatic rings. The molecule has 22 heavy (non-hydrogen) atoms. The molecule has 3 rings (SSSR count). The van der Waals surface area contributed by atoms with Gasteiger partial charge in [-0.3, -0.25) is 4.79 Å². The summed E-state index contributed by atoms with van der Waals surface area (Å²) in [6, 6.07) is 4.72. The number of carbonyl (C=O) groups excluding carboxylic acids is 1. The van der Waals surface area contributed by atoms with Crippen LogP contribution in [0.3, 0.4) is 0 Å². The predicted octanol–water partition coefficient (Wildman–Crippen LogP) is 3.66. The molecular weight excluding hydrogens is 302 g/mol. The lowest BCUT2D eigenvalue weighted by Gasteiger charge is -2.43. The van der Waals surface area contributed by atoms with E-state index in [1.165, 1.54) is 25.3 Å². The van der Waals surface area contributed by atoms with Gasteiger partial charge >= 0.3 is 0 Å². The molecule has 0 bridgehead atoms. The van der Waals surface area contributed by atoms with Crippen LogP contribution in [0, 0.1) is 0 Å². The fourth-order valence-corrected chi connectivity index (χ4v) is 3.74. The van der Waals surface area contributed by atoms with E-state index < -0.39 is 0 Å². The Hall–Kier alpha value is -1.26. The first-order valence-electron chi connectivity index (χ1n) is 8.01. The van der Waals surface area contributed by atoms with Crippen LogP contribution in [0.1, 0.15) is 55.3 Å². The quantitative estimate of drug-likeness (QED) is 0.873. The maximum Gasteiger partial charge on any atom is 0.251 e. The minimum Gasteiger partial charge on any atom is -0.506 e. The van der Waals surface area contributed by atoms with E-state index in [9.17, 15) is 9.90 Å². The van der Waals surface area contributed by atoms with Crippen molar-refractivity contribution in [2.45, 2.75) is 56.6 Å². The van der Waals surface area contributed by atoms with E-state index in [-0.39, 0.29) is 28.3 Å². The number of halogens is 1. The lowest BCUT2D eigenvalue weighted by molar-refractivity contribution is -0.107. The third-order valence-corrected chi connectivity index (χ3v) is 5.12. The lowest BCUT2D eigenvalue weighted by Crippen LogP contribution is -2.49. The van der Waals surface area contributed by atoms with E-state index in [0.29, 0.717) is 12.2 Å². The summed E-state index contributed by atoms with van der Waals surface area (Å²) in [6.45, 7) is 0.705. The van der Waals surface area contributed by atoms with Crippen LogP contribution in [0.25, 0.3) is 0 Å². The summed E-state index contributed by atoms with van der Waals surface area (Å²) in [6.07, 6.45) is 7.64. The normalized spacial score (nSPS) is 24.1. The van der Waals surface area contributed by atoms with Gasteiger partial charge in [-0.05, 0) is 43.9 Å². The third kappa shape index (κ3) is 3.39. The zero-order chi connectivity index (χ0) is 15.6. The monoisotopic (exact) mass is 323 g/mol. The number of hydrogen-bond donors (Lipinski definition) is 2. The van der Waals surface area contributed by atoms with Gasteiger partial charge < -0.3 is 15.2 Å². The SMILES string of the molecule is O=C(NC1CCOC2(CCCCC2)C1)c1ccc(Cl)c(O)c1. The summed E-state index contributed by atoms with van der Waals surface area (Å²) >= 11 is 5.78. The maximum atomic E-state index is 12.3. The number of amides is 1. The Morgan fingerprint density at radius 3 is 2.82 bits per heavy atom. The molecule has 0 aromatic heterocycles. The minimum atomic E-state index is -0.162. The topological polar surface area (TPSA) is 58.6 Å². The Morgan fingerprint density at radius 2 is 2.09 bits per heavy atom. The van der Waals surface area contributed by atoms with Crippen molar-refractivity contribution in [1.29, 1.82) is 0 Å². The average Bonchev–Trinajstić information content (AvgIpc) is 2.51. The van der Waals surface area contributed by atoms with Gasteiger partial charge in [-0.25, -0.2) is 0 Å². The largest absolute Gasteiger partial charge is 0.506 e. The molecule has 5 heteroatoms. The van der Waals surface area contributed by atoms with Crippen LogP contribution in [0.4, 0.5) is 0 Å². The highest BCUT2D eigenvalue weighted by Crippen LogP contribution is 2.38. The van der Waals surface area contributed by atoms with Crippen molar-refractivity contribution in [3.8, 4) is 5.75 Å². The molecule has 1 atom stereocenters. The van der Waals surface area contributed by atoms with Gasteiger partial charge in [0.05, 0.1) is 10.6 Å². The standard InChI is InChI=1S/C17H22ClNO3/c18-14-5-4-12(10-15(14)20)16(21)19-13-6-9-22-17(11-13)7-2-1-3-8-17/h4-5,10,13,20H,1-3,6-9,11H2,(H,19,21). The number of phenolic OH excluding ortho intramolecular Hbond substituents is 1. The molecule has 120 valence electrons. The van der Waals surface area contributed by atoms with Crippen LogP contribution in [-0.4, -0.2) is 29.3 Å². The van der Waals surface area contributed by atoms with E-state index in [2.05, 4.69) is 5.32 Å². The second kappa shape index (κ2) is 6.47. The smallest absolute Gasteiger partial charge is 0.251 e. The van der Waals surface area contributed by atoms with Crippen molar-refractivity contribution >= 4 is 17.5 Å². The fourth-order valence-electron chi connectivity index (χ4n) is 3.62. The summed E-state index contributed by atoms with van der Waals surface area (Å²) in [5.74, 6) is -0.227. The van der Waals surface area contributed by atoms with Crippen molar-refractivity contribution in [2.75, 3.05) is 6.61 Å². The van der Waals surface area contributed by atoms with Crippen LogP contribution in [0.15, 0.2) is 18.2 Å². The Labute approximate surface area is 135 Å². The summed E-state index contributed by atoms with van der Waals surface area (Å²) < 4.78 is 6.05. The molecular formula is C17H22ClNO3. The second-order valence-electron chi connectivity index (χ2n) is 6.42. The van der Waals surface area contributed by atoms with Crippen LogP contribution < -0.4 is 5.32 Å². The molecule has 2 fully saturated rings. The highest BCUT2D eigenvalue weighted by atomic mass is 35.5. The van der Waals surface area contributed by atoms with Gasteiger partial charge in [-0.15, -0.1) is 0 Å². The highest BCUT2D eigenvalue weighted by Gasteiger charge is 2.38. The zero-order valence-electron chi connectivity index (χ0n) is 12.6. The Morgan fingerprint density at radius 1 is 1.32 bits per heavy atom. The van der Waals surface area contributed by atoms with Gasteiger partial charge in [0.15, 0.2) is 0 Å². The van der Waals surface area contributed by atoms with Crippen molar-refractivity contribution in [2.24, 2.45) is 0 Å². The molecule has 1 saturated heterocycles. The van der Waals surface area contributed by atoms with Crippen molar-refractivity contribution in [3.05, 3.63) is 28.8 Å². The molecule has 1 aromatic rings. The molecule has 1 aliphatic heterocycles. The molecule has 2 N–H and O–H groups in total. The van der Waals surface area contributed by atoms with Crippen molar-refractivity contribution in [1.82, 2.24) is 5.32 Å². The first-order valence-corrected chi connectivity index (χ1v) is 8.39. The van der Waals surface area contributed by atoms with E-state index in [4.69, 9.17) is 16.3 Å². The van der Waals surface area contributed by atoms with Crippen molar-refractivity contribution < 1.29 is 14.6 Å². The summed E-state index contributed by atoms with van der Waals surface area (Å²) in [5.41, 5.74) is 0.405. The molecule has 1 aliphatic carbocycles. The van der Waals surface area contributed by atoms with Crippen LogP contribution in [-0.2, 0) is 4.74 Å². The number of aromatic hydroxyl groups is 1. The number of phenols is 1. The Bertz CT molecular complexity index is 549. The molecule has 1 saturated carbocycles. The molecule has 0 radical (unpaired) electrons.